The maximum absolute atomic E-state index is 14.3. The molecule has 50 heavy (non-hydrogen) atoms. The van der Waals surface area contributed by atoms with Crippen LogP contribution in [-0.2, 0) is 30.8 Å². The fourth-order valence-electron chi connectivity index (χ4n) is 6.82. The van der Waals surface area contributed by atoms with Crippen LogP contribution in [0.1, 0.15) is 61.6 Å². The summed E-state index contributed by atoms with van der Waals surface area (Å²) in [5.74, 6) is 1.56. The summed E-state index contributed by atoms with van der Waals surface area (Å²) in [6.07, 6.45) is 2.35. The Morgan fingerprint density at radius 3 is 2.42 bits per heavy atom. The van der Waals surface area contributed by atoms with Gasteiger partial charge in [-0.2, -0.15) is 4.31 Å². The van der Waals surface area contributed by atoms with E-state index in [1.165, 1.54) is 0 Å². The Balaban J connectivity index is 1.42. The van der Waals surface area contributed by atoms with Gasteiger partial charge in [0.25, 0.3) is 0 Å². The smallest absolute Gasteiger partial charge is 0.243 e. The summed E-state index contributed by atoms with van der Waals surface area (Å²) < 4.78 is 59.2. The van der Waals surface area contributed by atoms with Crippen molar-refractivity contribution in [1.82, 2.24) is 4.31 Å². The minimum Gasteiger partial charge on any atom is -0.494 e. The highest BCUT2D eigenvalue weighted by atomic mass is 32.2. The molecule has 1 saturated heterocycles. The lowest BCUT2D eigenvalue weighted by Crippen LogP contribution is -2.52. The molecule has 0 aliphatic carbocycles. The van der Waals surface area contributed by atoms with Gasteiger partial charge in [-0.1, -0.05) is 35.9 Å². The van der Waals surface area contributed by atoms with Gasteiger partial charge in [0.2, 0.25) is 10.0 Å². The van der Waals surface area contributed by atoms with E-state index in [1.807, 2.05) is 43.3 Å². The highest BCUT2D eigenvalue weighted by Crippen LogP contribution is 2.40. The summed E-state index contributed by atoms with van der Waals surface area (Å²) in [5.41, 5.74) is 4.09. The summed E-state index contributed by atoms with van der Waals surface area (Å²) in [5, 5.41) is 10.2. The number of anilines is 1. The molecule has 0 aromatic heterocycles. The Morgan fingerprint density at radius 1 is 0.960 bits per heavy atom. The van der Waals surface area contributed by atoms with E-state index in [1.54, 1.807) is 37.6 Å². The lowest BCUT2D eigenvalue weighted by atomic mass is 9.82. The largest absolute Gasteiger partial charge is 0.494 e. The van der Waals surface area contributed by atoms with E-state index in [2.05, 4.69) is 23.1 Å². The average molecular weight is 711 g/mol. The Hall–Kier alpha value is -3.19. The maximum atomic E-state index is 14.3. The second kappa shape index (κ2) is 18.3. The number of aryl methyl sites for hydroxylation is 1. The first-order chi connectivity index (χ1) is 24.2. The van der Waals surface area contributed by atoms with Crippen LogP contribution in [0.3, 0.4) is 0 Å². The number of hydrogen-bond donors (Lipinski definition) is 1. The molecule has 0 amide bonds. The lowest BCUT2D eigenvalue weighted by Gasteiger charge is -2.43. The Morgan fingerprint density at radius 2 is 1.70 bits per heavy atom. The third-order valence-corrected chi connectivity index (χ3v) is 11.5. The minimum absolute atomic E-state index is 0.0764. The van der Waals surface area contributed by atoms with Crippen LogP contribution in [0.15, 0.2) is 71.6 Å². The van der Waals surface area contributed by atoms with Gasteiger partial charge >= 0.3 is 0 Å². The average Bonchev–Trinajstić information content (AvgIpc) is 3.12. The van der Waals surface area contributed by atoms with Crippen LogP contribution in [0.4, 0.5) is 5.69 Å². The normalized spacial score (nSPS) is 20.3. The van der Waals surface area contributed by atoms with Crippen molar-refractivity contribution in [3.8, 4) is 11.5 Å². The SMILES string of the molecule is COCCCOc1ccc([C@H]2C[C@H](CCC(C)O)N(S(=O)(=O)c3ccc(C)cc3)C[C@@H]2OCc2ccc3c(c2)N(CCCOC)CCO3)cc1. The third-order valence-electron chi connectivity index (χ3n) is 9.58. The number of methoxy groups -OCH3 is 2. The number of aliphatic hydroxyl groups is 1. The zero-order chi connectivity index (χ0) is 35.5. The number of piperidine rings is 1. The van der Waals surface area contributed by atoms with E-state index in [0.29, 0.717) is 52.3 Å². The van der Waals surface area contributed by atoms with E-state index in [-0.39, 0.29) is 23.4 Å². The fraction of sp³-hybridized carbons (Fsp3) is 0.538. The molecule has 2 heterocycles. The first kappa shape index (κ1) is 38.1. The van der Waals surface area contributed by atoms with Crippen LogP contribution in [0.2, 0.25) is 0 Å². The number of ether oxygens (including phenoxy) is 5. The van der Waals surface area contributed by atoms with Gasteiger partial charge in [0.1, 0.15) is 18.1 Å². The minimum atomic E-state index is -3.84. The molecule has 0 spiro atoms. The monoisotopic (exact) mass is 710 g/mol. The van der Waals surface area contributed by atoms with E-state index < -0.39 is 22.2 Å². The van der Waals surface area contributed by atoms with Gasteiger partial charge in [0.15, 0.2) is 0 Å². The molecule has 2 aliphatic rings. The van der Waals surface area contributed by atoms with E-state index in [4.69, 9.17) is 23.7 Å². The number of sulfonamides is 1. The molecule has 5 rings (SSSR count). The van der Waals surface area contributed by atoms with Crippen LogP contribution in [0.25, 0.3) is 0 Å². The molecule has 3 aromatic carbocycles. The van der Waals surface area contributed by atoms with Gasteiger partial charge < -0.3 is 33.7 Å². The molecule has 0 saturated carbocycles. The summed E-state index contributed by atoms with van der Waals surface area (Å²) >= 11 is 0. The summed E-state index contributed by atoms with van der Waals surface area (Å²) in [7, 11) is -0.444. The van der Waals surface area contributed by atoms with Gasteiger partial charge in [0, 0.05) is 58.9 Å². The first-order valence-electron chi connectivity index (χ1n) is 17.8. The molecular weight excluding hydrogens is 657 g/mol. The quantitative estimate of drug-likeness (QED) is 0.161. The predicted molar refractivity (Wildman–Crippen MR) is 195 cm³/mol. The highest BCUT2D eigenvalue weighted by molar-refractivity contribution is 7.89. The van der Waals surface area contributed by atoms with E-state index in [9.17, 15) is 13.5 Å². The Bertz CT molecular complexity index is 1580. The van der Waals surface area contributed by atoms with Crippen molar-refractivity contribution >= 4 is 15.7 Å². The van der Waals surface area contributed by atoms with Crippen molar-refractivity contribution in [2.24, 2.45) is 0 Å². The van der Waals surface area contributed by atoms with Crippen molar-refractivity contribution in [2.45, 2.75) is 81.6 Å². The molecule has 0 bridgehead atoms. The van der Waals surface area contributed by atoms with Crippen LogP contribution in [0, 0.1) is 6.92 Å². The van der Waals surface area contributed by atoms with Crippen molar-refractivity contribution in [3.05, 3.63) is 83.4 Å². The molecule has 1 unspecified atom stereocenters. The van der Waals surface area contributed by atoms with Crippen molar-refractivity contribution in [3.63, 3.8) is 0 Å². The molecule has 0 radical (unpaired) electrons. The molecule has 3 aromatic rings. The number of aliphatic hydroxyl groups excluding tert-OH is 1. The summed E-state index contributed by atoms with van der Waals surface area (Å²) in [6, 6.07) is 20.9. The molecule has 11 heteroatoms. The number of nitrogens with zero attached hydrogens (tertiary/aromatic N) is 2. The van der Waals surface area contributed by atoms with Gasteiger partial charge in [-0.3, -0.25) is 0 Å². The molecule has 4 atom stereocenters. The predicted octanol–water partition coefficient (Wildman–Crippen LogP) is 5.94. The van der Waals surface area contributed by atoms with Gasteiger partial charge in [0.05, 0.1) is 42.5 Å². The zero-order valence-corrected chi connectivity index (χ0v) is 30.8. The third kappa shape index (κ3) is 9.98. The Labute approximate surface area is 298 Å². The van der Waals surface area contributed by atoms with Crippen LogP contribution >= 0.6 is 0 Å². The molecular formula is C39H54N2O8S. The van der Waals surface area contributed by atoms with Crippen LogP contribution in [-0.4, -0.2) is 96.4 Å². The second-order valence-corrected chi connectivity index (χ2v) is 15.3. The van der Waals surface area contributed by atoms with Gasteiger partial charge in [-0.05, 0) is 87.1 Å². The Kier molecular flexibility index (Phi) is 14.0. The molecule has 10 nitrogen and oxygen atoms in total. The van der Waals surface area contributed by atoms with Gasteiger partial charge in [-0.25, -0.2) is 8.42 Å². The van der Waals surface area contributed by atoms with Gasteiger partial charge in [-0.15, -0.1) is 0 Å². The molecule has 1 fully saturated rings. The molecule has 274 valence electrons. The van der Waals surface area contributed by atoms with Crippen LogP contribution in [0.5, 0.6) is 11.5 Å². The van der Waals surface area contributed by atoms with Crippen molar-refractivity contribution in [2.75, 3.05) is 65.2 Å². The maximum Gasteiger partial charge on any atom is 0.243 e. The van der Waals surface area contributed by atoms with Crippen molar-refractivity contribution < 1.29 is 37.2 Å². The number of rotatable bonds is 18. The van der Waals surface area contributed by atoms with Crippen molar-refractivity contribution in [1.29, 1.82) is 0 Å². The lowest BCUT2D eigenvalue weighted by molar-refractivity contribution is -0.0221. The fourth-order valence-corrected chi connectivity index (χ4v) is 8.50. The number of hydrogen-bond acceptors (Lipinski definition) is 9. The number of benzene rings is 3. The topological polar surface area (TPSA) is 107 Å². The molecule has 2 aliphatic heterocycles. The number of fused-ring (bicyclic) bond motifs is 1. The standard InChI is InChI=1S/C39H54N2O8S/c1-29-7-16-35(17-8-29)50(43,44)41-27-39(49-28-31-10-18-38-37(25-31)40(20-24-48-38)19-5-21-45-3)36(26-33(41)13-9-30(2)42)32-11-14-34(15-12-32)47-23-6-22-46-4/h7-8,10-12,14-18,25,30,33,36,39,42H,5-6,9,13,19-24,26-28H2,1-4H3/t30?,33-,36+,39-/m0/s1. The zero-order valence-electron chi connectivity index (χ0n) is 30.0. The van der Waals surface area contributed by atoms with Crippen LogP contribution < -0.4 is 14.4 Å². The van der Waals surface area contributed by atoms with E-state index in [0.717, 1.165) is 59.8 Å². The summed E-state index contributed by atoms with van der Waals surface area (Å²) in [4.78, 5) is 2.59. The summed E-state index contributed by atoms with van der Waals surface area (Å²) in [6.45, 7) is 8.40. The highest BCUT2D eigenvalue weighted by Gasteiger charge is 2.43. The second-order valence-electron chi connectivity index (χ2n) is 13.4. The first-order valence-corrected chi connectivity index (χ1v) is 19.2. The van der Waals surface area contributed by atoms with E-state index >= 15 is 0 Å². The molecule has 1 N–H and O–H groups in total.